The van der Waals surface area contributed by atoms with Gasteiger partial charge in [0.25, 0.3) is 0 Å². The van der Waals surface area contributed by atoms with Crippen LogP contribution in [-0.2, 0) is 11.3 Å². The fourth-order valence-electron chi connectivity index (χ4n) is 2.43. The van der Waals surface area contributed by atoms with E-state index in [1.165, 1.54) is 0 Å². The molecule has 0 aliphatic carbocycles. The number of aromatic nitrogens is 1. The zero-order valence-electron chi connectivity index (χ0n) is 14.3. The van der Waals surface area contributed by atoms with Crippen LogP contribution in [0.15, 0.2) is 47.2 Å². The number of rotatable bonds is 3. The van der Waals surface area contributed by atoms with Gasteiger partial charge in [-0.25, -0.2) is 4.79 Å². The topological polar surface area (TPSA) is 64.4 Å². The summed E-state index contributed by atoms with van der Waals surface area (Å²) in [7, 11) is 0. The molecule has 0 aliphatic rings. The number of carbonyl (C=O) groups excluding carboxylic acids is 1. The predicted molar refractivity (Wildman–Crippen MR) is 97.5 cm³/mol. The van der Waals surface area contributed by atoms with E-state index in [2.05, 4.69) is 10.3 Å². The SMILES string of the molecule is CC(C)(C)OC(=O)NCc1cccc(-c2coc3cc(Cl)cnc23)c1. The van der Waals surface area contributed by atoms with Crippen LogP contribution in [0.1, 0.15) is 26.3 Å². The average molecular weight is 359 g/mol. The van der Waals surface area contributed by atoms with E-state index in [0.29, 0.717) is 17.2 Å². The molecule has 6 heteroatoms. The fraction of sp³-hybridized carbons (Fsp3) is 0.263. The van der Waals surface area contributed by atoms with Gasteiger partial charge in [-0.1, -0.05) is 29.8 Å². The van der Waals surface area contributed by atoms with Crippen molar-refractivity contribution >= 4 is 28.8 Å². The first-order chi connectivity index (χ1) is 11.8. The van der Waals surface area contributed by atoms with Gasteiger partial charge in [0.1, 0.15) is 17.4 Å². The van der Waals surface area contributed by atoms with Gasteiger partial charge in [0.2, 0.25) is 0 Å². The van der Waals surface area contributed by atoms with Gasteiger partial charge in [0.15, 0.2) is 5.58 Å². The molecule has 2 aromatic heterocycles. The average Bonchev–Trinajstić information content (AvgIpc) is 2.94. The Morgan fingerprint density at radius 1 is 1.32 bits per heavy atom. The molecular formula is C19H19ClN2O3. The van der Waals surface area contributed by atoms with Crippen LogP contribution in [0.4, 0.5) is 4.79 Å². The number of furan rings is 1. The summed E-state index contributed by atoms with van der Waals surface area (Å²) in [4.78, 5) is 16.1. The number of fused-ring (bicyclic) bond motifs is 1. The highest BCUT2D eigenvalue weighted by atomic mass is 35.5. The number of benzene rings is 1. The number of halogens is 1. The quantitative estimate of drug-likeness (QED) is 0.701. The fourth-order valence-corrected chi connectivity index (χ4v) is 2.58. The monoisotopic (exact) mass is 358 g/mol. The minimum atomic E-state index is -0.519. The van der Waals surface area contributed by atoms with Gasteiger partial charge in [-0.15, -0.1) is 0 Å². The predicted octanol–water partition coefficient (Wildman–Crippen LogP) is 5.17. The highest BCUT2D eigenvalue weighted by Crippen LogP contribution is 2.30. The van der Waals surface area contributed by atoms with Gasteiger partial charge >= 0.3 is 6.09 Å². The van der Waals surface area contributed by atoms with Crippen LogP contribution < -0.4 is 5.32 Å². The summed E-state index contributed by atoms with van der Waals surface area (Å²) in [6, 6.07) is 9.56. The molecule has 0 atom stereocenters. The number of nitrogens with one attached hydrogen (secondary N) is 1. The van der Waals surface area contributed by atoms with Crippen molar-refractivity contribution in [2.75, 3.05) is 0 Å². The van der Waals surface area contributed by atoms with E-state index in [1.807, 2.05) is 45.0 Å². The van der Waals surface area contributed by atoms with Crippen molar-refractivity contribution in [1.82, 2.24) is 10.3 Å². The first-order valence-electron chi connectivity index (χ1n) is 7.91. The molecule has 5 nitrogen and oxygen atoms in total. The molecule has 0 radical (unpaired) electrons. The number of pyridine rings is 1. The van der Waals surface area contributed by atoms with Crippen LogP contribution in [0.3, 0.4) is 0 Å². The van der Waals surface area contributed by atoms with Crippen molar-refractivity contribution in [3.05, 3.63) is 53.4 Å². The molecule has 1 N–H and O–H groups in total. The Morgan fingerprint density at radius 3 is 2.88 bits per heavy atom. The molecule has 3 rings (SSSR count). The summed E-state index contributed by atoms with van der Waals surface area (Å²) in [6.07, 6.45) is 2.81. The molecule has 3 aromatic rings. The van der Waals surface area contributed by atoms with Crippen LogP contribution in [0.5, 0.6) is 0 Å². The largest absolute Gasteiger partial charge is 0.462 e. The molecule has 1 aromatic carbocycles. The molecule has 1 amide bonds. The van der Waals surface area contributed by atoms with E-state index in [4.69, 9.17) is 20.8 Å². The summed E-state index contributed by atoms with van der Waals surface area (Å²) >= 11 is 5.94. The Labute approximate surface area is 151 Å². The lowest BCUT2D eigenvalue weighted by Gasteiger charge is -2.19. The van der Waals surface area contributed by atoms with E-state index < -0.39 is 11.7 Å². The summed E-state index contributed by atoms with van der Waals surface area (Å²) in [5.74, 6) is 0. The maximum Gasteiger partial charge on any atom is 0.407 e. The van der Waals surface area contributed by atoms with E-state index in [-0.39, 0.29) is 0 Å². The summed E-state index contributed by atoms with van der Waals surface area (Å²) in [5, 5.41) is 3.29. The lowest BCUT2D eigenvalue weighted by molar-refractivity contribution is 0.0523. The van der Waals surface area contributed by atoms with Crippen molar-refractivity contribution in [3.8, 4) is 11.1 Å². The van der Waals surface area contributed by atoms with Crippen LogP contribution in [0, 0.1) is 0 Å². The summed E-state index contributed by atoms with van der Waals surface area (Å²) in [6.45, 7) is 5.86. The molecule has 0 fully saturated rings. The van der Waals surface area contributed by atoms with Gasteiger partial charge in [0, 0.05) is 24.4 Å². The molecule has 0 bridgehead atoms. The van der Waals surface area contributed by atoms with Gasteiger partial charge in [-0.2, -0.15) is 0 Å². The van der Waals surface area contributed by atoms with Crippen molar-refractivity contribution in [1.29, 1.82) is 0 Å². The number of hydrogen-bond donors (Lipinski definition) is 1. The van der Waals surface area contributed by atoms with Crippen molar-refractivity contribution in [3.63, 3.8) is 0 Å². The Balaban J connectivity index is 1.78. The number of amides is 1. The third-order valence-electron chi connectivity index (χ3n) is 3.45. The minimum Gasteiger partial charge on any atom is -0.462 e. The lowest BCUT2D eigenvalue weighted by atomic mass is 10.0. The van der Waals surface area contributed by atoms with Crippen molar-refractivity contribution in [2.45, 2.75) is 32.9 Å². The number of hydrogen-bond acceptors (Lipinski definition) is 4. The molecule has 25 heavy (non-hydrogen) atoms. The zero-order valence-corrected chi connectivity index (χ0v) is 15.1. The summed E-state index contributed by atoms with van der Waals surface area (Å²) < 4.78 is 10.8. The molecule has 2 heterocycles. The van der Waals surface area contributed by atoms with Crippen molar-refractivity contribution in [2.24, 2.45) is 0 Å². The standard InChI is InChI=1S/C19H19ClN2O3/c1-19(2,3)25-18(23)22-9-12-5-4-6-13(7-12)15-11-24-16-8-14(20)10-21-17(15)16/h4-8,10-11H,9H2,1-3H3,(H,22,23). The number of nitrogens with zero attached hydrogens (tertiary/aromatic N) is 1. The molecule has 130 valence electrons. The number of alkyl carbamates (subject to hydrolysis) is 1. The highest BCUT2D eigenvalue weighted by molar-refractivity contribution is 6.31. The third-order valence-corrected chi connectivity index (χ3v) is 3.66. The smallest absolute Gasteiger partial charge is 0.407 e. The van der Waals surface area contributed by atoms with E-state index >= 15 is 0 Å². The van der Waals surface area contributed by atoms with E-state index in [1.54, 1.807) is 18.5 Å². The first kappa shape index (κ1) is 17.3. The summed E-state index contributed by atoms with van der Waals surface area (Å²) in [5.41, 5.74) is 3.66. The maximum atomic E-state index is 11.8. The molecule has 0 spiro atoms. The Kier molecular flexibility index (Phi) is 4.68. The van der Waals surface area contributed by atoms with Crippen LogP contribution >= 0.6 is 11.6 Å². The first-order valence-corrected chi connectivity index (χ1v) is 8.28. The van der Waals surface area contributed by atoms with Gasteiger partial charge < -0.3 is 14.5 Å². The van der Waals surface area contributed by atoms with Gasteiger partial charge in [-0.3, -0.25) is 4.98 Å². The third kappa shape index (κ3) is 4.31. The molecular weight excluding hydrogens is 340 g/mol. The second-order valence-corrected chi connectivity index (χ2v) is 7.14. The van der Waals surface area contributed by atoms with E-state index in [9.17, 15) is 4.79 Å². The molecule has 0 saturated heterocycles. The molecule has 0 unspecified atom stereocenters. The second-order valence-electron chi connectivity index (χ2n) is 6.71. The van der Waals surface area contributed by atoms with Gasteiger partial charge in [-0.05, 0) is 38.0 Å². The highest BCUT2D eigenvalue weighted by Gasteiger charge is 2.16. The molecule has 0 saturated carbocycles. The molecule has 0 aliphatic heterocycles. The normalized spacial score (nSPS) is 11.5. The van der Waals surface area contributed by atoms with Gasteiger partial charge in [0.05, 0.1) is 5.02 Å². The number of carbonyl (C=O) groups is 1. The van der Waals surface area contributed by atoms with E-state index in [0.717, 1.165) is 22.2 Å². The Morgan fingerprint density at radius 2 is 2.12 bits per heavy atom. The maximum absolute atomic E-state index is 11.8. The second kappa shape index (κ2) is 6.76. The minimum absolute atomic E-state index is 0.373. The Bertz CT molecular complexity index is 912. The van der Waals surface area contributed by atoms with Crippen LogP contribution in [0.2, 0.25) is 5.02 Å². The number of ether oxygens (including phenoxy) is 1. The van der Waals surface area contributed by atoms with Crippen LogP contribution in [0.25, 0.3) is 22.2 Å². The van der Waals surface area contributed by atoms with Crippen LogP contribution in [-0.4, -0.2) is 16.7 Å². The zero-order chi connectivity index (χ0) is 18.0. The Hall–Kier alpha value is -2.53. The van der Waals surface area contributed by atoms with Crippen molar-refractivity contribution < 1.29 is 13.9 Å². The lowest BCUT2D eigenvalue weighted by Crippen LogP contribution is -2.32.